The molecule has 1 saturated heterocycles. The number of pyridine rings is 1. The van der Waals surface area contributed by atoms with Crippen molar-refractivity contribution in [2.45, 2.75) is 30.7 Å². The number of aromatic nitrogens is 3. The van der Waals surface area contributed by atoms with E-state index in [1.54, 1.807) is 30.7 Å². The highest BCUT2D eigenvalue weighted by atomic mass is 32.2. The molecule has 0 unspecified atom stereocenters. The Bertz CT molecular complexity index is 694. The van der Waals surface area contributed by atoms with Crippen LogP contribution in [-0.2, 0) is 4.79 Å². The second-order valence-corrected chi connectivity index (χ2v) is 6.68. The predicted molar refractivity (Wildman–Crippen MR) is 92.0 cm³/mol. The summed E-state index contributed by atoms with van der Waals surface area (Å²) in [5.41, 5.74) is 0.490. The topological polar surface area (TPSA) is 68.1 Å². The van der Waals surface area contributed by atoms with Gasteiger partial charge in [0.2, 0.25) is 5.91 Å². The summed E-state index contributed by atoms with van der Waals surface area (Å²) < 4.78 is 1.41. The standard InChI is InChI=1S/C17H20N4O2S/c22-15(20-9-3-1-2-4-10-20)12-24-16-14(6-5-7-19-16)17(23)21-11-8-18-13-21/h5-8,11,13H,1-4,9-10,12H2. The number of imidazole rings is 1. The highest BCUT2D eigenvalue weighted by Gasteiger charge is 2.19. The predicted octanol–water partition coefficient (Wildman–Crippen LogP) is 2.46. The molecule has 0 atom stereocenters. The first-order valence-electron chi connectivity index (χ1n) is 8.14. The Morgan fingerprint density at radius 1 is 1.12 bits per heavy atom. The van der Waals surface area contributed by atoms with Gasteiger partial charge in [-0.1, -0.05) is 24.6 Å². The molecule has 2 aromatic heterocycles. The zero-order valence-electron chi connectivity index (χ0n) is 13.4. The maximum absolute atomic E-state index is 12.5. The second kappa shape index (κ2) is 8.10. The first-order chi connectivity index (χ1) is 11.8. The van der Waals surface area contributed by atoms with Gasteiger partial charge in [-0.05, 0) is 25.0 Å². The molecule has 1 amide bonds. The van der Waals surface area contributed by atoms with Crippen molar-refractivity contribution in [2.24, 2.45) is 0 Å². The average Bonchev–Trinajstić information content (AvgIpc) is 3.01. The maximum Gasteiger partial charge on any atom is 0.265 e. The van der Waals surface area contributed by atoms with E-state index < -0.39 is 0 Å². The van der Waals surface area contributed by atoms with Crippen molar-refractivity contribution >= 4 is 23.6 Å². The lowest BCUT2D eigenvalue weighted by atomic mass is 10.2. The molecule has 126 valence electrons. The van der Waals surface area contributed by atoms with Crippen LogP contribution in [0, 0.1) is 0 Å². The van der Waals surface area contributed by atoms with Gasteiger partial charge >= 0.3 is 0 Å². The molecule has 3 rings (SSSR count). The zero-order valence-corrected chi connectivity index (χ0v) is 14.2. The Morgan fingerprint density at radius 3 is 2.62 bits per heavy atom. The van der Waals surface area contributed by atoms with Gasteiger partial charge in [-0.15, -0.1) is 0 Å². The van der Waals surface area contributed by atoms with Crippen molar-refractivity contribution in [1.82, 2.24) is 19.4 Å². The minimum atomic E-state index is -0.190. The number of likely N-dealkylation sites (tertiary alicyclic amines) is 1. The van der Waals surface area contributed by atoms with Crippen molar-refractivity contribution in [3.8, 4) is 0 Å². The summed E-state index contributed by atoms with van der Waals surface area (Å²) >= 11 is 1.32. The van der Waals surface area contributed by atoms with Gasteiger partial charge in [0, 0.05) is 31.7 Å². The van der Waals surface area contributed by atoms with Gasteiger partial charge in [0.1, 0.15) is 11.4 Å². The molecule has 0 aromatic carbocycles. The number of carbonyl (C=O) groups excluding carboxylic acids is 2. The van der Waals surface area contributed by atoms with Crippen LogP contribution in [0.5, 0.6) is 0 Å². The van der Waals surface area contributed by atoms with Crippen molar-refractivity contribution in [3.05, 3.63) is 42.6 Å². The molecule has 3 heterocycles. The highest BCUT2D eigenvalue weighted by Crippen LogP contribution is 2.22. The maximum atomic E-state index is 12.5. The summed E-state index contributed by atoms with van der Waals surface area (Å²) in [5, 5.41) is 0.583. The Hall–Kier alpha value is -2.15. The minimum Gasteiger partial charge on any atom is -0.342 e. The molecule has 7 heteroatoms. The molecule has 0 radical (unpaired) electrons. The molecule has 0 N–H and O–H groups in total. The summed E-state index contributed by atoms with van der Waals surface area (Å²) in [7, 11) is 0. The highest BCUT2D eigenvalue weighted by molar-refractivity contribution is 8.00. The van der Waals surface area contributed by atoms with Crippen LogP contribution in [0.25, 0.3) is 0 Å². The summed E-state index contributed by atoms with van der Waals surface area (Å²) in [5.74, 6) is 0.236. The Labute approximate surface area is 145 Å². The van der Waals surface area contributed by atoms with E-state index in [2.05, 4.69) is 9.97 Å². The smallest absolute Gasteiger partial charge is 0.265 e. The first kappa shape index (κ1) is 16.7. The first-order valence-corrected chi connectivity index (χ1v) is 9.12. The quantitative estimate of drug-likeness (QED) is 0.797. The van der Waals surface area contributed by atoms with Gasteiger partial charge in [-0.3, -0.25) is 14.2 Å². The number of carbonyl (C=O) groups is 2. The Morgan fingerprint density at radius 2 is 1.92 bits per heavy atom. The number of rotatable bonds is 4. The largest absolute Gasteiger partial charge is 0.342 e. The Balaban J connectivity index is 1.67. The van der Waals surface area contributed by atoms with Gasteiger partial charge in [-0.25, -0.2) is 9.97 Å². The summed E-state index contributed by atoms with van der Waals surface area (Å²) in [6.07, 6.45) is 10.8. The third-order valence-electron chi connectivity index (χ3n) is 4.03. The lowest BCUT2D eigenvalue weighted by Crippen LogP contribution is -2.33. The van der Waals surface area contributed by atoms with Crippen LogP contribution in [0.4, 0.5) is 0 Å². The van der Waals surface area contributed by atoms with E-state index in [4.69, 9.17) is 0 Å². The van der Waals surface area contributed by atoms with Crippen LogP contribution in [0.15, 0.2) is 42.1 Å². The molecule has 1 aliphatic rings. The van der Waals surface area contributed by atoms with Crippen molar-refractivity contribution in [3.63, 3.8) is 0 Å². The molecule has 0 saturated carbocycles. The molecule has 6 nitrogen and oxygen atoms in total. The van der Waals surface area contributed by atoms with Crippen LogP contribution in [-0.4, -0.2) is 50.1 Å². The third kappa shape index (κ3) is 4.03. The lowest BCUT2D eigenvalue weighted by molar-refractivity contribution is -0.128. The van der Waals surface area contributed by atoms with Gasteiger partial charge in [0.25, 0.3) is 5.91 Å². The monoisotopic (exact) mass is 344 g/mol. The molecule has 0 aliphatic carbocycles. The molecule has 0 spiro atoms. The minimum absolute atomic E-state index is 0.119. The molecular formula is C17H20N4O2S. The number of amides is 1. The van der Waals surface area contributed by atoms with Crippen LogP contribution in [0.2, 0.25) is 0 Å². The summed E-state index contributed by atoms with van der Waals surface area (Å²) in [4.78, 5) is 35.0. The molecule has 1 aliphatic heterocycles. The van der Waals surface area contributed by atoms with Crippen LogP contribution in [0.3, 0.4) is 0 Å². The van der Waals surface area contributed by atoms with Crippen LogP contribution < -0.4 is 0 Å². The number of hydrogen-bond acceptors (Lipinski definition) is 5. The van der Waals surface area contributed by atoms with E-state index in [1.165, 1.54) is 35.5 Å². The number of nitrogens with zero attached hydrogens (tertiary/aromatic N) is 4. The fourth-order valence-electron chi connectivity index (χ4n) is 2.73. The molecular weight excluding hydrogens is 324 g/mol. The fourth-order valence-corrected chi connectivity index (χ4v) is 3.62. The molecule has 2 aromatic rings. The van der Waals surface area contributed by atoms with Crippen molar-refractivity contribution in [2.75, 3.05) is 18.8 Å². The van der Waals surface area contributed by atoms with Crippen molar-refractivity contribution in [1.29, 1.82) is 0 Å². The van der Waals surface area contributed by atoms with E-state index in [0.29, 0.717) is 16.3 Å². The van der Waals surface area contributed by atoms with Crippen molar-refractivity contribution < 1.29 is 9.59 Å². The fraction of sp³-hybridized carbons (Fsp3) is 0.412. The number of hydrogen-bond donors (Lipinski definition) is 0. The molecule has 0 bridgehead atoms. The van der Waals surface area contributed by atoms with Gasteiger partial charge in [-0.2, -0.15) is 0 Å². The SMILES string of the molecule is O=C(CSc1ncccc1C(=O)n1ccnc1)N1CCCCCC1. The zero-order chi connectivity index (χ0) is 16.8. The van der Waals surface area contributed by atoms with Gasteiger partial charge < -0.3 is 4.90 Å². The van der Waals surface area contributed by atoms with Crippen LogP contribution >= 0.6 is 11.8 Å². The Kier molecular flexibility index (Phi) is 5.63. The van der Waals surface area contributed by atoms with E-state index in [0.717, 1.165) is 25.9 Å². The van der Waals surface area contributed by atoms with Gasteiger partial charge in [0.05, 0.1) is 11.3 Å². The molecule has 1 fully saturated rings. The summed E-state index contributed by atoms with van der Waals surface area (Å²) in [6.45, 7) is 1.67. The summed E-state index contributed by atoms with van der Waals surface area (Å²) in [6, 6.07) is 3.46. The second-order valence-electron chi connectivity index (χ2n) is 5.71. The van der Waals surface area contributed by atoms with E-state index in [1.807, 2.05) is 4.90 Å². The normalized spacial score (nSPS) is 15.1. The van der Waals surface area contributed by atoms with E-state index in [-0.39, 0.29) is 11.8 Å². The van der Waals surface area contributed by atoms with Crippen LogP contribution in [0.1, 0.15) is 36.0 Å². The van der Waals surface area contributed by atoms with E-state index in [9.17, 15) is 9.59 Å². The lowest BCUT2D eigenvalue weighted by Gasteiger charge is -2.20. The average molecular weight is 344 g/mol. The molecule has 24 heavy (non-hydrogen) atoms. The van der Waals surface area contributed by atoms with E-state index >= 15 is 0 Å². The number of thioether (sulfide) groups is 1. The third-order valence-corrected chi connectivity index (χ3v) is 5.02. The van der Waals surface area contributed by atoms with Gasteiger partial charge in [0.15, 0.2) is 0 Å².